The van der Waals surface area contributed by atoms with E-state index in [0.717, 1.165) is 31.4 Å². The zero-order valence-corrected chi connectivity index (χ0v) is 15.0. The summed E-state index contributed by atoms with van der Waals surface area (Å²) in [5.74, 6) is 0.859. The molecule has 0 spiro atoms. The first-order valence-electron chi connectivity index (χ1n) is 6.95. The molecule has 0 N–H and O–H groups in total. The molecule has 0 unspecified atom stereocenters. The van der Waals surface area contributed by atoms with Crippen molar-refractivity contribution < 1.29 is 4.74 Å². The largest absolute Gasteiger partial charge is 0.487 e. The van der Waals surface area contributed by atoms with Gasteiger partial charge in [-0.15, -0.1) is 0 Å². The van der Waals surface area contributed by atoms with Gasteiger partial charge < -0.3 is 4.74 Å². The molecule has 0 saturated carbocycles. The number of hydrogen-bond acceptors (Lipinski definition) is 1. The van der Waals surface area contributed by atoms with Gasteiger partial charge in [0.1, 0.15) is 12.4 Å². The summed E-state index contributed by atoms with van der Waals surface area (Å²) in [6.45, 7) is 0.543. The molecule has 3 aromatic rings. The van der Waals surface area contributed by atoms with Crippen LogP contribution in [0, 0.1) is 0 Å². The molecule has 3 aromatic carbocycles. The Morgan fingerprint density at radius 1 is 0.773 bits per heavy atom. The molecule has 0 aromatic heterocycles. The van der Waals surface area contributed by atoms with E-state index in [1.165, 1.54) is 0 Å². The highest BCUT2D eigenvalue weighted by Crippen LogP contribution is 2.39. The maximum atomic E-state index is 6.10. The normalized spacial score (nSPS) is 10.5. The van der Waals surface area contributed by atoms with Crippen LogP contribution in [0.25, 0.3) is 11.1 Å². The van der Waals surface area contributed by atoms with Crippen molar-refractivity contribution >= 4 is 31.9 Å². The van der Waals surface area contributed by atoms with Crippen LogP contribution < -0.4 is 4.74 Å². The van der Waals surface area contributed by atoms with Crippen molar-refractivity contribution in [3.63, 3.8) is 0 Å². The Morgan fingerprint density at radius 2 is 1.41 bits per heavy atom. The molecular formula is C19H14Br2O. The summed E-state index contributed by atoms with van der Waals surface area (Å²) in [5, 5.41) is 0. The molecule has 0 amide bonds. The summed E-state index contributed by atoms with van der Waals surface area (Å²) < 4.78 is 8.06. The molecule has 3 rings (SSSR count). The molecule has 0 fully saturated rings. The van der Waals surface area contributed by atoms with Crippen LogP contribution in [0.1, 0.15) is 5.56 Å². The molecule has 0 aliphatic carbocycles. The van der Waals surface area contributed by atoms with E-state index in [9.17, 15) is 0 Å². The van der Waals surface area contributed by atoms with E-state index >= 15 is 0 Å². The first kappa shape index (κ1) is 15.3. The summed E-state index contributed by atoms with van der Waals surface area (Å²) in [5.41, 5.74) is 3.35. The van der Waals surface area contributed by atoms with Crippen molar-refractivity contribution in [3.8, 4) is 16.9 Å². The molecule has 0 aliphatic rings. The predicted octanol–water partition coefficient (Wildman–Crippen LogP) is 6.46. The number of ether oxygens (including phenoxy) is 1. The molecule has 0 heterocycles. The first-order valence-corrected chi connectivity index (χ1v) is 8.54. The van der Waals surface area contributed by atoms with Crippen LogP contribution in [0.15, 0.2) is 81.7 Å². The van der Waals surface area contributed by atoms with E-state index in [2.05, 4.69) is 62.2 Å². The highest BCUT2D eigenvalue weighted by molar-refractivity contribution is 9.11. The maximum Gasteiger partial charge on any atom is 0.141 e. The van der Waals surface area contributed by atoms with Crippen molar-refractivity contribution in [1.82, 2.24) is 0 Å². The third-order valence-electron chi connectivity index (χ3n) is 3.32. The van der Waals surface area contributed by atoms with E-state index in [-0.39, 0.29) is 0 Å². The van der Waals surface area contributed by atoms with Crippen LogP contribution in [0.2, 0.25) is 0 Å². The molecule has 0 aliphatic heterocycles. The maximum absolute atomic E-state index is 6.10. The fourth-order valence-electron chi connectivity index (χ4n) is 2.27. The quantitative estimate of drug-likeness (QED) is 0.473. The van der Waals surface area contributed by atoms with Gasteiger partial charge in [-0.25, -0.2) is 0 Å². The number of benzene rings is 3. The Balaban J connectivity index is 1.96. The lowest BCUT2D eigenvalue weighted by Crippen LogP contribution is -1.98. The Kier molecular flexibility index (Phi) is 4.96. The third kappa shape index (κ3) is 3.60. The van der Waals surface area contributed by atoms with Gasteiger partial charge in [0.15, 0.2) is 0 Å². The van der Waals surface area contributed by atoms with E-state index < -0.39 is 0 Å². The minimum absolute atomic E-state index is 0.543. The molecule has 0 saturated heterocycles. The standard InChI is InChI=1S/C19H14Br2O/c20-16-11-17(15-9-5-2-6-10-15)19(18(21)12-16)22-13-14-7-3-1-4-8-14/h1-12H,13H2. The van der Waals surface area contributed by atoms with Gasteiger partial charge in [0.25, 0.3) is 0 Å². The van der Waals surface area contributed by atoms with Crippen LogP contribution in [-0.4, -0.2) is 0 Å². The Bertz CT molecular complexity index is 755. The van der Waals surface area contributed by atoms with E-state index in [0.29, 0.717) is 6.61 Å². The highest BCUT2D eigenvalue weighted by atomic mass is 79.9. The molecular weight excluding hydrogens is 404 g/mol. The van der Waals surface area contributed by atoms with Crippen LogP contribution >= 0.6 is 31.9 Å². The SMILES string of the molecule is Brc1cc(Br)c(OCc2ccccc2)c(-c2ccccc2)c1. The summed E-state index contributed by atoms with van der Waals surface area (Å²) in [6.07, 6.45) is 0. The monoisotopic (exact) mass is 416 g/mol. The van der Waals surface area contributed by atoms with Crippen molar-refractivity contribution in [2.75, 3.05) is 0 Å². The lowest BCUT2D eigenvalue weighted by molar-refractivity contribution is 0.305. The lowest BCUT2D eigenvalue weighted by Gasteiger charge is -2.14. The fourth-order valence-corrected chi connectivity index (χ4v) is 3.61. The highest BCUT2D eigenvalue weighted by Gasteiger charge is 2.12. The molecule has 110 valence electrons. The van der Waals surface area contributed by atoms with Crippen molar-refractivity contribution in [2.24, 2.45) is 0 Å². The van der Waals surface area contributed by atoms with E-state index in [1.807, 2.05) is 42.5 Å². The van der Waals surface area contributed by atoms with Gasteiger partial charge in [-0.3, -0.25) is 0 Å². The zero-order valence-electron chi connectivity index (χ0n) is 11.8. The van der Waals surface area contributed by atoms with E-state index in [4.69, 9.17) is 4.74 Å². The second kappa shape index (κ2) is 7.12. The van der Waals surface area contributed by atoms with Crippen LogP contribution in [0.3, 0.4) is 0 Å². The van der Waals surface area contributed by atoms with Crippen molar-refractivity contribution in [2.45, 2.75) is 6.61 Å². The van der Waals surface area contributed by atoms with Gasteiger partial charge >= 0.3 is 0 Å². The molecule has 0 radical (unpaired) electrons. The summed E-state index contributed by atoms with van der Waals surface area (Å²) >= 11 is 7.17. The van der Waals surface area contributed by atoms with Gasteiger partial charge in [-0.2, -0.15) is 0 Å². The second-order valence-corrected chi connectivity index (χ2v) is 6.67. The molecule has 3 heteroatoms. The van der Waals surface area contributed by atoms with Gasteiger partial charge in [-0.1, -0.05) is 76.6 Å². The summed E-state index contributed by atoms with van der Waals surface area (Å²) in [6, 6.07) is 24.5. The van der Waals surface area contributed by atoms with Crippen LogP contribution in [0.5, 0.6) is 5.75 Å². The topological polar surface area (TPSA) is 9.23 Å². The third-order valence-corrected chi connectivity index (χ3v) is 4.37. The van der Waals surface area contributed by atoms with Crippen molar-refractivity contribution in [3.05, 3.63) is 87.3 Å². The van der Waals surface area contributed by atoms with Gasteiger partial charge in [0, 0.05) is 10.0 Å². The minimum atomic E-state index is 0.543. The van der Waals surface area contributed by atoms with Crippen LogP contribution in [0.4, 0.5) is 0 Å². The minimum Gasteiger partial charge on any atom is -0.487 e. The predicted molar refractivity (Wildman–Crippen MR) is 98.1 cm³/mol. The smallest absolute Gasteiger partial charge is 0.141 e. The summed E-state index contributed by atoms with van der Waals surface area (Å²) in [4.78, 5) is 0. The summed E-state index contributed by atoms with van der Waals surface area (Å²) in [7, 11) is 0. The lowest BCUT2D eigenvalue weighted by atomic mass is 10.0. The van der Waals surface area contributed by atoms with Gasteiger partial charge in [0.05, 0.1) is 4.47 Å². The number of halogens is 2. The first-order chi connectivity index (χ1) is 10.7. The Hall–Kier alpha value is -1.58. The Labute approximate surface area is 147 Å². The molecule has 1 nitrogen and oxygen atoms in total. The zero-order chi connectivity index (χ0) is 15.4. The average Bonchev–Trinajstić information content (AvgIpc) is 2.55. The Morgan fingerprint density at radius 3 is 2.09 bits per heavy atom. The van der Waals surface area contributed by atoms with Gasteiger partial charge in [0.2, 0.25) is 0 Å². The fraction of sp³-hybridized carbons (Fsp3) is 0.0526. The number of hydrogen-bond donors (Lipinski definition) is 0. The van der Waals surface area contributed by atoms with Crippen LogP contribution in [-0.2, 0) is 6.61 Å². The van der Waals surface area contributed by atoms with Gasteiger partial charge in [-0.05, 0) is 39.2 Å². The van der Waals surface area contributed by atoms with E-state index in [1.54, 1.807) is 0 Å². The molecule has 0 bridgehead atoms. The average molecular weight is 418 g/mol. The molecule has 0 atom stereocenters. The number of rotatable bonds is 4. The second-order valence-electron chi connectivity index (χ2n) is 4.90. The van der Waals surface area contributed by atoms with Crippen molar-refractivity contribution in [1.29, 1.82) is 0 Å². The molecule has 22 heavy (non-hydrogen) atoms.